The Balaban J connectivity index is 1.95. The molecule has 2 amide bonds. The van der Waals surface area contributed by atoms with E-state index in [9.17, 15) is 9.59 Å². The molecule has 27 heavy (non-hydrogen) atoms. The van der Waals surface area contributed by atoms with Crippen molar-refractivity contribution in [3.63, 3.8) is 0 Å². The third-order valence-corrected chi connectivity index (χ3v) is 5.51. The molecule has 5 nitrogen and oxygen atoms in total. The number of hydrogen-bond acceptors (Lipinski definition) is 3. The second-order valence-electron chi connectivity index (χ2n) is 7.78. The predicted molar refractivity (Wildman–Crippen MR) is 112 cm³/mol. The molecule has 1 heterocycles. The van der Waals surface area contributed by atoms with Crippen molar-refractivity contribution < 1.29 is 9.59 Å². The second-order valence-corrected chi connectivity index (χ2v) is 7.78. The fourth-order valence-electron chi connectivity index (χ4n) is 3.50. The Labute approximate surface area is 164 Å². The number of carbonyl (C=O) groups excluding carboxylic acids is 2. The van der Waals surface area contributed by atoms with Gasteiger partial charge < -0.3 is 14.7 Å². The summed E-state index contributed by atoms with van der Waals surface area (Å²) < 4.78 is 0. The van der Waals surface area contributed by atoms with Crippen LogP contribution in [0.3, 0.4) is 0 Å². The van der Waals surface area contributed by atoms with E-state index in [1.54, 1.807) is 16.7 Å². The maximum absolute atomic E-state index is 12.3. The lowest BCUT2D eigenvalue weighted by Crippen LogP contribution is -2.35. The van der Waals surface area contributed by atoms with E-state index in [1.807, 2.05) is 19.2 Å². The minimum atomic E-state index is -0.0291. The van der Waals surface area contributed by atoms with Gasteiger partial charge in [0.05, 0.1) is 0 Å². The van der Waals surface area contributed by atoms with Crippen LogP contribution in [0.25, 0.3) is 0 Å². The van der Waals surface area contributed by atoms with E-state index in [2.05, 4.69) is 30.9 Å². The highest BCUT2D eigenvalue weighted by atomic mass is 16.2. The Bertz CT molecular complexity index is 606. The first-order valence-corrected chi connectivity index (χ1v) is 10.3. The van der Waals surface area contributed by atoms with Gasteiger partial charge in [-0.15, -0.1) is 0 Å². The van der Waals surface area contributed by atoms with E-state index in [-0.39, 0.29) is 11.8 Å². The molecule has 0 radical (unpaired) electrons. The number of benzene rings is 1. The molecule has 1 aromatic rings. The van der Waals surface area contributed by atoms with Gasteiger partial charge in [-0.1, -0.05) is 20.3 Å². The minimum absolute atomic E-state index is 0.0291. The van der Waals surface area contributed by atoms with E-state index in [0.29, 0.717) is 13.0 Å². The van der Waals surface area contributed by atoms with Gasteiger partial charge in [0, 0.05) is 57.9 Å². The second kappa shape index (κ2) is 10.3. The van der Waals surface area contributed by atoms with Crippen molar-refractivity contribution in [1.82, 2.24) is 4.90 Å². The highest BCUT2D eigenvalue weighted by Crippen LogP contribution is 2.25. The topological polar surface area (TPSA) is 43.9 Å². The average molecular weight is 374 g/mol. The normalized spacial score (nSPS) is 14.9. The SMILES string of the molecule is CCCCN(C)C(=O)CCN(C(C)=O)c1ccc(N2CCC(C)CC2)cc1. The summed E-state index contributed by atoms with van der Waals surface area (Å²) in [4.78, 5) is 30.3. The van der Waals surface area contributed by atoms with Crippen molar-refractivity contribution in [1.29, 1.82) is 0 Å². The van der Waals surface area contributed by atoms with Gasteiger partial charge >= 0.3 is 0 Å². The van der Waals surface area contributed by atoms with Crippen molar-refractivity contribution >= 4 is 23.2 Å². The van der Waals surface area contributed by atoms with Gasteiger partial charge in [0.15, 0.2) is 0 Å². The van der Waals surface area contributed by atoms with Gasteiger partial charge in [-0.3, -0.25) is 9.59 Å². The molecule has 2 rings (SSSR count). The summed E-state index contributed by atoms with van der Waals surface area (Å²) in [6, 6.07) is 8.19. The molecular formula is C22H35N3O2. The van der Waals surface area contributed by atoms with Gasteiger partial charge in [0.2, 0.25) is 11.8 Å². The monoisotopic (exact) mass is 373 g/mol. The zero-order valence-corrected chi connectivity index (χ0v) is 17.4. The van der Waals surface area contributed by atoms with Crippen molar-refractivity contribution in [3.05, 3.63) is 24.3 Å². The first-order chi connectivity index (χ1) is 12.9. The number of rotatable bonds is 8. The summed E-state index contributed by atoms with van der Waals surface area (Å²) in [5.41, 5.74) is 2.07. The summed E-state index contributed by atoms with van der Waals surface area (Å²) in [5.74, 6) is 0.869. The van der Waals surface area contributed by atoms with Crippen LogP contribution in [0.1, 0.15) is 52.9 Å². The zero-order valence-electron chi connectivity index (χ0n) is 17.4. The largest absolute Gasteiger partial charge is 0.372 e. The highest BCUT2D eigenvalue weighted by Gasteiger charge is 2.18. The van der Waals surface area contributed by atoms with Crippen molar-refractivity contribution in [2.45, 2.75) is 52.9 Å². The van der Waals surface area contributed by atoms with Crippen LogP contribution in [0.5, 0.6) is 0 Å². The molecule has 0 aromatic heterocycles. The number of anilines is 2. The first kappa shape index (κ1) is 21.3. The van der Waals surface area contributed by atoms with E-state index in [0.717, 1.165) is 44.1 Å². The first-order valence-electron chi connectivity index (χ1n) is 10.3. The number of hydrogen-bond donors (Lipinski definition) is 0. The smallest absolute Gasteiger partial charge is 0.224 e. The Morgan fingerprint density at radius 1 is 1.11 bits per heavy atom. The third kappa shape index (κ3) is 6.26. The fourth-order valence-corrected chi connectivity index (χ4v) is 3.50. The van der Waals surface area contributed by atoms with E-state index in [1.165, 1.54) is 18.5 Å². The Morgan fingerprint density at radius 2 is 1.74 bits per heavy atom. The van der Waals surface area contributed by atoms with Crippen molar-refractivity contribution in [2.24, 2.45) is 5.92 Å². The van der Waals surface area contributed by atoms with Crippen LogP contribution in [0.15, 0.2) is 24.3 Å². The van der Waals surface area contributed by atoms with Crippen LogP contribution >= 0.6 is 0 Å². The van der Waals surface area contributed by atoms with Gasteiger partial charge in [-0.25, -0.2) is 0 Å². The lowest BCUT2D eigenvalue weighted by atomic mass is 9.99. The summed E-state index contributed by atoms with van der Waals surface area (Å²) >= 11 is 0. The molecule has 1 fully saturated rings. The molecule has 1 aromatic carbocycles. The molecule has 150 valence electrons. The number of piperidine rings is 1. The summed E-state index contributed by atoms with van der Waals surface area (Å²) in [5, 5.41) is 0. The van der Waals surface area contributed by atoms with Crippen molar-refractivity contribution in [2.75, 3.05) is 43.0 Å². The van der Waals surface area contributed by atoms with E-state index < -0.39 is 0 Å². The highest BCUT2D eigenvalue weighted by molar-refractivity contribution is 5.92. The zero-order chi connectivity index (χ0) is 19.8. The van der Waals surface area contributed by atoms with E-state index in [4.69, 9.17) is 0 Å². The Kier molecular flexibility index (Phi) is 8.14. The number of unbranched alkanes of at least 4 members (excludes halogenated alkanes) is 1. The van der Waals surface area contributed by atoms with Gasteiger partial charge in [0.1, 0.15) is 0 Å². The Morgan fingerprint density at radius 3 is 2.30 bits per heavy atom. The molecule has 0 unspecified atom stereocenters. The van der Waals surface area contributed by atoms with Gasteiger partial charge in [-0.2, -0.15) is 0 Å². The van der Waals surface area contributed by atoms with Crippen LogP contribution < -0.4 is 9.80 Å². The number of carbonyl (C=O) groups is 2. The number of nitrogens with zero attached hydrogens (tertiary/aromatic N) is 3. The van der Waals surface area contributed by atoms with Gasteiger partial charge in [0.25, 0.3) is 0 Å². The third-order valence-electron chi connectivity index (χ3n) is 5.51. The molecule has 0 atom stereocenters. The van der Waals surface area contributed by atoms with Crippen LogP contribution in [0, 0.1) is 5.92 Å². The predicted octanol–water partition coefficient (Wildman–Crippen LogP) is 3.92. The van der Waals surface area contributed by atoms with Crippen LogP contribution in [-0.2, 0) is 9.59 Å². The van der Waals surface area contributed by atoms with Crippen LogP contribution in [-0.4, -0.2) is 49.9 Å². The molecule has 0 aliphatic carbocycles. The molecule has 1 aliphatic rings. The molecule has 5 heteroatoms. The minimum Gasteiger partial charge on any atom is -0.372 e. The molecular weight excluding hydrogens is 338 g/mol. The average Bonchev–Trinajstić information content (AvgIpc) is 2.67. The molecule has 0 spiro atoms. The van der Waals surface area contributed by atoms with Crippen molar-refractivity contribution in [3.8, 4) is 0 Å². The molecule has 0 N–H and O–H groups in total. The summed E-state index contributed by atoms with van der Waals surface area (Å²) in [6.07, 6.45) is 4.89. The molecule has 0 bridgehead atoms. The lowest BCUT2D eigenvalue weighted by Gasteiger charge is -2.32. The van der Waals surface area contributed by atoms with Crippen LogP contribution in [0.4, 0.5) is 11.4 Å². The molecule has 1 aliphatic heterocycles. The molecule has 0 saturated carbocycles. The quantitative estimate of drug-likeness (QED) is 0.694. The maximum Gasteiger partial charge on any atom is 0.224 e. The maximum atomic E-state index is 12.3. The lowest BCUT2D eigenvalue weighted by molar-refractivity contribution is -0.129. The summed E-state index contributed by atoms with van der Waals surface area (Å²) in [6.45, 7) is 9.37. The summed E-state index contributed by atoms with van der Waals surface area (Å²) in [7, 11) is 1.84. The standard InChI is InChI=1S/C22H35N3O2/c1-5-6-14-23(4)22(27)13-17-25(19(3)26)21-9-7-20(8-10-21)24-15-11-18(2)12-16-24/h7-10,18H,5-6,11-17H2,1-4H3. The van der Waals surface area contributed by atoms with Crippen LogP contribution in [0.2, 0.25) is 0 Å². The Hall–Kier alpha value is -2.04. The van der Waals surface area contributed by atoms with E-state index >= 15 is 0 Å². The number of amides is 2. The fraction of sp³-hybridized carbons (Fsp3) is 0.636. The molecule has 1 saturated heterocycles. The van der Waals surface area contributed by atoms with Gasteiger partial charge in [-0.05, 0) is 49.4 Å².